The molecule has 0 saturated carbocycles. The first-order valence-electron chi connectivity index (χ1n) is 7.51. The van der Waals surface area contributed by atoms with Gasteiger partial charge in [-0.15, -0.1) is 0 Å². The van der Waals surface area contributed by atoms with Crippen LogP contribution in [0, 0.1) is 5.92 Å². The SMILES string of the molecule is COC(=O)[C@@H](C)COc1ccc(Br)cc1.Nc1cccc(B(O)O)c1. The number of halogens is 1. The number of esters is 1. The third kappa shape index (κ3) is 8.06. The van der Waals surface area contributed by atoms with Gasteiger partial charge in [0, 0.05) is 10.2 Å². The number of hydrogen-bond acceptors (Lipinski definition) is 6. The van der Waals surface area contributed by atoms with Gasteiger partial charge in [0.25, 0.3) is 0 Å². The zero-order valence-corrected chi connectivity index (χ0v) is 15.6. The Morgan fingerprint density at radius 1 is 1.24 bits per heavy atom. The van der Waals surface area contributed by atoms with Gasteiger partial charge in [0.15, 0.2) is 0 Å². The van der Waals surface area contributed by atoms with E-state index in [2.05, 4.69) is 20.7 Å². The highest BCUT2D eigenvalue weighted by Gasteiger charge is 2.13. The van der Waals surface area contributed by atoms with Gasteiger partial charge in [-0.1, -0.05) is 28.1 Å². The van der Waals surface area contributed by atoms with Crippen molar-refractivity contribution in [2.24, 2.45) is 5.92 Å². The molecule has 2 aromatic carbocycles. The zero-order valence-electron chi connectivity index (χ0n) is 14.1. The number of hydrogen-bond donors (Lipinski definition) is 3. The fourth-order valence-corrected chi connectivity index (χ4v) is 2.01. The van der Waals surface area contributed by atoms with E-state index in [-0.39, 0.29) is 11.9 Å². The number of carbonyl (C=O) groups is 1. The minimum absolute atomic E-state index is 0.251. The summed E-state index contributed by atoms with van der Waals surface area (Å²) in [5.74, 6) is 0.236. The van der Waals surface area contributed by atoms with Crippen LogP contribution in [0.4, 0.5) is 5.69 Å². The Labute approximate surface area is 155 Å². The fraction of sp³-hybridized carbons (Fsp3) is 0.235. The van der Waals surface area contributed by atoms with Crippen molar-refractivity contribution in [3.8, 4) is 5.75 Å². The predicted octanol–water partition coefficient (Wildman–Crippen LogP) is 1.59. The molecule has 0 unspecified atom stereocenters. The van der Waals surface area contributed by atoms with E-state index in [4.69, 9.17) is 20.5 Å². The van der Waals surface area contributed by atoms with E-state index in [0.29, 0.717) is 17.8 Å². The minimum atomic E-state index is -1.43. The molecule has 25 heavy (non-hydrogen) atoms. The van der Waals surface area contributed by atoms with Crippen LogP contribution in [0.1, 0.15) is 6.92 Å². The first kappa shape index (κ1) is 21.0. The molecule has 134 valence electrons. The number of anilines is 1. The molecule has 0 bridgehead atoms. The summed E-state index contributed by atoms with van der Waals surface area (Å²) < 4.78 is 11.0. The van der Waals surface area contributed by atoms with Gasteiger partial charge in [-0.3, -0.25) is 4.79 Å². The molecule has 2 rings (SSSR count). The van der Waals surface area contributed by atoms with Crippen molar-refractivity contribution in [1.82, 2.24) is 0 Å². The van der Waals surface area contributed by atoms with Crippen LogP contribution in [0.3, 0.4) is 0 Å². The summed E-state index contributed by atoms with van der Waals surface area (Å²) in [6.45, 7) is 2.10. The molecule has 0 spiro atoms. The van der Waals surface area contributed by atoms with Crippen LogP contribution in [0.5, 0.6) is 5.75 Å². The number of carbonyl (C=O) groups excluding carboxylic acids is 1. The maximum atomic E-state index is 11.1. The number of nitrogen functional groups attached to an aromatic ring is 1. The summed E-state index contributed by atoms with van der Waals surface area (Å²) in [4.78, 5) is 11.1. The molecular formula is C17H21BBrNO5. The second-order valence-corrected chi connectivity index (χ2v) is 6.15. The lowest BCUT2D eigenvalue weighted by molar-refractivity contribution is -0.145. The monoisotopic (exact) mass is 409 g/mol. The second kappa shape index (κ2) is 10.8. The van der Waals surface area contributed by atoms with Gasteiger partial charge in [0.05, 0.1) is 13.0 Å². The number of methoxy groups -OCH3 is 1. The molecule has 6 nitrogen and oxygen atoms in total. The number of ether oxygens (including phenoxy) is 2. The first-order valence-corrected chi connectivity index (χ1v) is 8.30. The van der Waals surface area contributed by atoms with Gasteiger partial charge in [-0.2, -0.15) is 0 Å². The molecule has 0 aliphatic heterocycles. The van der Waals surface area contributed by atoms with Crippen LogP contribution in [0.2, 0.25) is 0 Å². The van der Waals surface area contributed by atoms with E-state index >= 15 is 0 Å². The van der Waals surface area contributed by atoms with E-state index in [1.165, 1.54) is 13.2 Å². The van der Waals surface area contributed by atoms with Gasteiger partial charge in [-0.25, -0.2) is 0 Å². The normalized spacial score (nSPS) is 10.9. The van der Waals surface area contributed by atoms with Crippen molar-refractivity contribution in [2.75, 3.05) is 19.5 Å². The molecule has 2 aromatic rings. The van der Waals surface area contributed by atoms with Crippen molar-refractivity contribution in [3.63, 3.8) is 0 Å². The standard InChI is InChI=1S/C11H13BrO3.C6H8BNO2/c1-8(11(13)14-2)7-15-10-5-3-9(12)4-6-10;8-6-3-1-2-5(4-6)7(9)10/h3-6,8H,7H2,1-2H3;1-4,9-10H,8H2/t8-;/m0./s1. The summed E-state index contributed by atoms with van der Waals surface area (Å²) in [7, 11) is -0.0538. The van der Waals surface area contributed by atoms with E-state index in [9.17, 15) is 4.79 Å². The largest absolute Gasteiger partial charge is 0.493 e. The summed E-state index contributed by atoms with van der Waals surface area (Å²) in [6.07, 6.45) is 0. The Balaban J connectivity index is 0.000000271. The predicted molar refractivity (Wildman–Crippen MR) is 101 cm³/mol. The van der Waals surface area contributed by atoms with Crippen LogP contribution in [-0.2, 0) is 9.53 Å². The Kier molecular flexibility index (Phi) is 9.05. The molecule has 0 aromatic heterocycles. The minimum Gasteiger partial charge on any atom is -0.493 e. The highest BCUT2D eigenvalue weighted by Crippen LogP contribution is 2.16. The molecule has 8 heteroatoms. The van der Waals surface area contributed by atoms with Crippen LogP contribution in [-0.4, -0.2) is 36.9 Å². The number of rotatable bonds is 5. The van der Waals surface area contributed by atoms with Crippen LogP contribution in [0.15, 0.2) is 53.0 Å². The van der Waals surface area contributed by atoms with Crippen molar-refractivity contribution >= 4 is 40.2 Å². The lowest BCUT2D eigenvalue weighted by Crippen LogP contribution is -2.29. The lowest BCUT2D eigenvalue weighted by Gasteiger charge is -2.10. The van der Waals surface area contributed by atoms with Crippen molar-refractivity contribution in [1.29, 1.82) is 0 Å². The van der Waals surface area contributed by atoms with E-state index in [1.807, 2.05) is 24.3 Å². The molecule has 0 radical (unpaired) electrons. The molecule has 0 aliphatic rings. The van der Waals surface area contributed by atoms with Crippen molar-refractivity contribution in [3.05, 3.63) is 53.0 Å². The average Bonchev–Trinajstić information content (AvgIpc) is 2.60. The highest BCUT2D eigenvalue weighted by atomic mass is 79.9. The average molecular weight is 410 g/mol. The Morgan fingerprint density at radius 2 is 1.88 bits per heavy atom. The molecule has 0 saturated heterocycles. The Morgan fingerprint density at radius 3 is 2.36 bits per heavy atom. The van der Waals surface area contributed by atoms with Gasteiger partial charge in [0.2, 0.25) is 0 Å². The number of benzene rings is 2. The van der Waals surface area contributed by atoms with Crippen LogP contribution >= 0.6 is 15.9 Å². The fourth-order valence-electron chi connectivity index (χ4n) is 1.74. The summed E-state index contributed by atoms with van der Waals surface area (Å²) in [6, 6.07) is 13.9. The number of nitrogens with two attached hydrogens (primary N) is 1. The molecule has 0 heterocycles. The maximum absolute atomic E-state index is 11.1. The van der Waals surface area contributed by atoms with Crippen LogP contribution < -0.4 is 15.9 Å². The van der Waals surface area contributed by atoms with E-state index in [0.717, 1.165) is 10.2 Å². The topological polar surface area (TPSA) is 102 Å². The third-order valence-electron chi connectivity index (χ3n) is 3.13. The van der Waals surface area contributed by atoms with E-state index < -0.39 is 7.12 Å². The smallest absolute Gasteiger partial charge is 0.488 e. The molecule has 0 fully saturated rings. The van der Waals surface area contributed by atoms with Gasteiger partial charge in [-0.05, 0) is 48.8 Å². The second-order valence-electron chi connectivity index (χ2n) is 5.23. The van der Waals surface area contributed by atoms with Crippen molar-refractivity contribution in [2.45, 2.75) is 6.92 Å². The van der Waals surface area contributed by atoms with Crippen LogP contribution in [0.25, 0.3) is 0 Å². The van der Waals surface area contributed by atoms with Gasteiger partial charge >= 0.3 is 13.1 Å². The first-order chi connectivity index (χ1) is 11.8. The molecule has 0 amide bonds. The Bertz CT molecular complexity index is 666. The van der Waals surface area contributed by atoms with Gasteiger partial charge in [0.1, 0.15) is 12.4 Å². The summed E-state index contributed by atoms with van der Waals surface area (Å²) in [5.41, 5.74) is 6.32. The van der Waals surface area contributed by atoms with E-state index in [1.54, 1.807) is 25.1 Å². The lowest BCUT2D eigenvalue weighted by atomic mass is 9.80. The molecule has 1 atom stereocenters. The third-order valence-corrected chi connectivity index (χ3v) is 3.65. The summed E-state index contributed by atoms with van der Waals surface area (Å²) in [5, 5.41) is 17.3. The molecule has 4 N–H and O–H groups in total. The van der Waals surface area contributed by atoms with Gasteiger partial charge < -0.3 is 25.3 Å². The highest BCUT2D eigenvalue weighted by molar-refractivity contribution is 9.10. The quantitative estimate of drug-likeness (QED) is 0.393. The molecular weight excluding hydrogens is 389 g/mol. The zero-order chi connectivity index (χ0) is 18.8. The summed E-state index contributed by atoms with van der Waals surface area (Å²) >= 11 is 3.33. The van der Waals surface area contributed by atoms with Crippen molar-refractivity contribution < 1.29 is 24.3 Å². The maximum Gasteiger partial charge on any atom is 0.488 e. The molecule has 0 aliphatic carbocycles. The Hall–Kier alpha value is -2.03.